The fraction of sp³-hybridized carbons (Fsp3) is 0.214. The lowest BCUT2D eigenvalue weighted by molar-refractivity contribution is -0.136. The highest BCUT2D eigenvalue weighted by Gasteiger charge is 2.24. The van der Waals surface area contributed by atoms with E-state index in [1.165, 1.54) is 0 Å². The predicted octanol–water partition coefficient (Wildman–Crippen LogP) is 4.13. The van der Waals surface area contributed by atoms with Crippen LogP contribution in [0.2, 0.25) is 0 Å². The second kappa shape index (κ2) is 5.92. The van der Waals surface area contributed by atoms with E-state index >= 15 is 0 Å². The van der Waals surface area contributed by atoms with E-state index in [4.69, 9.17) is 9.84 Å². The molecule has 0 radical (unpaired) electrons. The van der Waals surface area contributed by atoms with E-state index in [1.807, 2.05) is 36.4 Å². The van der Waals surface area contributed by atoms with Gasteiger partial charge in [0.05, 0.1) is 11.9 Å². The molecule has 2 unspecified atom stereocenters. The van der Waals surface area contributed by atoms with Gasteiger partial charge in [-0.05, 0) is 34.5 Å². The summed E-state index contributed by atoms with van der Waals surface area (Å²) in [6.45, 7) is 0. The summed E-state index contributed by atoms with van der Waals surface area (Å²) in [6, 6.07) is 11.7. The number of hydrogen-bond donors (Lipinski definition) is 1. The predicted molar refractivity (Wildman–Crippen MR) is 82.5 cm³/mol. The van der Waals surface area contributed by atoms with Gasteiger partial charge in [0.15, 0.2) is 0 Å². The van der Waals surface area contributed by atoms with Crippen LogP contribution in [0.4, 0.5) is 0 Å². The van der Waals surface area contributed by atoms with Gasteiger partial charge in [-0.1, -0.05) is 50.1 Å². The summed E-state index contributed by atoms with van der Waals surface area (Å²) in [7, 11) is 1.63. The van der Waals surface area contributed by atoms with Gasteiger partial charge in [-0.3, -0.25) is 4.79 Å². The molecule has 0 aliphatic rings. The minimum Gasteiger partial charge on any atom is -0.497 e. The lowest BCUT2D eigenvalue weighted by Crippen LogP contribution is -2.17. The van der Waals surface area contributed by atoms with Crippen LogP contribution in [0.3, 0.4) is 0 Å². The van der Waals surface area contributed by atoms with Crippen molar-refractivity contribution in [1.29, 1.82) is 0 Å². The van der Waals surface area contributed by atoms with E-state index in [9.17, 15) is 4.79 Å². The molecular weight excluding hydrogens is 376 g/mol. The van der Waals surface area contributed by atoms with Crippen molar-refractivity contribution in [3.05, 3.63) is 42.0 Å². The number of hydrogen-bond acceptors (Lipinski definition) is 2. The molecule has 0 fully saturated rings. The van der Waals surface area contributed by atoms with Gasteiger partial charge in [-0.2, -0.15) is 0 Å². The Labute approximate surface area is 127 Å². The van der Waals surface area contributed by atoms with Gasteiger partial charge in [0, 0.05) is 0 Å². The highest BCUT2D eigenvalue weighted by atomic mass is 79.9. The van der Waals surface area contributed by atoms with Crippen LogP contribution in [0.5, 0.6) is 5.75 Å². The highest BCUT2D eigenvalue weighted by Crippen LogP contribution is 2.33. The molecule has 2 rings (SSSR count). The largest absolute Gasteiger partial charge is 0.497 e. The van der Waals surface area contributed by atoms with Crippen LogP contribution < -0.4 is 4.74 Å². The Morgan fingerprint density at radius 1 is 1.16 bits per heavy atom. The molecule has 0 amide bonds. The summed E-state index contributed by atoms with van der Waals surface area (Å²) < 4.78 is 5.18. The van der Waals surface area contributed by atoms with Gasteiger partial charge in [-0.15, -0.1) is 0 Å². The number of alkyl halides is 2. The first-order valence-corrected chi connectivity index (χ1v) is 7.44. The Morgan fingerprint density at radius 3 is 2.42 bits per heavy atom. The lowest BCUT2D eigenvalue weighted by Gasteiger charge is -2.14. The van der Waals surface area contributed by atoms with E-state index in [1.54, 1.807) is 7.11 Å². The first kappa shape index (κ1) is 14.3. The molecule has 0 saturated heterocycles. The second-order valence-corrected chi connectivity index (χ2v) is 6.09. The second-order valence-electron chi connectivity index (χ2n) is 4.11. The summed E-state index contributed by atoms with van der Waals surface area (Å²) in [4.78, 5) is 10.0. The van der Waals surface area contributed by atoms with Crippen molar-refractivity contribution in [2.75, 3.05) is 7.11 Å². The summed E-state index contributed by atoms with van der Waals surface area (Å²) in [5, 5.41) is 11.1. The number of carboxylic acids is 1. The molecule has 100 valence electrons. The minimum atomic E-state index is -0.892. The first-order chi connectivity index (χ1) is 9.02. The van der Waals surface area contributed by atoms with Crippen LogP contribution >= 0.6 is 31.9 Å². The van der Waals surface area contributed by atoms with Crippen molar-refractivity contribution in [3.63, 3.8) is 0 Å². The highest BCUT2D eigenvalue weighted by molar-refractivity contribution is 9.12. The van der Waals surface area contributed by atoms with Gasteiger partial charge in [0.1, 0.15) is 10.6 Å². The zero-order valence-electron chi connectivity index (χ0n) is 10.1. The number of fused-ring (bicyclic) bond motifs is 1. The Hall–Kier alpha value is -1.07. The molecule has 0 heterocycles. The number of benzene rings is 2. The standard InChI is InChI=1S/C14H12Br2O3/c1-19-11-5-4-8-6-10(3-2-9(8)7-11)12(15)13(16)14(17)18/h2-7,12-13H,1H3,(H,17,18). The third kappa shape index (κ3) is 3.09. The smallest absolute Gasteiger partial charge is 0.318 e. The molecule has 0 aromatic heterocycles. The monoisotopic (exact) mass is 386 g/mol. The van der Waals surface area contributed by atoms with Crippen LogP contribution in [0.1, 0.15) is 10.4 Å². The lowest BCUT2D eigenvalue weighted by atomic mass is 10.0. The topological polar surface area (TPSA) is 46.5 Å². The molecule has 0 aliphatic carbocycles. The maximum Gasteiger partial charge on any atom is 0.318 e. The maximum atomic E-state index is 11.0. The van der Waals surface area contributed by atoms with Crippen LogP contribution in [0, 0.1) is 0 Å². The number of carbonyl (C=O) groups is 1. The third-order valence-corrected chi connectivity index (χ3v) is 5.57. The third-order valence-electron chi connectivity index (χ3n) is 2.88. The molecule has 0 spiro atoms. The SMILES string of the molecule is COc1ccc2cc(C(Br)C(Br)C(=O)O)ccc2c1. The molecule has 1 N–H and O–H groups in total. The zero-order chi connectivity index (χ0) is 14.0. The number of methoxy groups -OCH3 is 1. The number of rotatable bonds is 4. The van der Waals surface area contributed by atoms with Crippen molar-refractivity contribution >= 4 is 48.6 Å². The van der Waals surface area contributed by atoms with E-state index in [-0.39, 0.29) is 4.83 Å². The summed E-state index contributed by atoms with van der Waals surface area (Å²) in [5.41, 5.74) is 0.918. The fourth-order valence-corrected chi connectivity index (χ4v) is 2.65. The van der Waals surface area contributed by atoms with Crippen LogP contribution in [0.25, 0.3) is 10.8 Å². The first-order valence-electron chi connectivity index (χ1n) is 5.61. The molecule has 0 bridgehead atoms. The van der Waals surface area contributed by atoms with E-state index in [2.05, 4.69) is 31.9 Å². The van der Waals surface area contributed by atoms with Crippen molar-refractivity contribution in [2.45, 2.75) is 9.65 Å². The quantitative estimate of drug-likeness (QED) is 0.802. The number of carboxylic acid groups (broad SMARTS) is 1. The average Bonchev–Trinajstić information content (AvgIpc) is 2.44. The minimum absolute atomic E-state index is 0.281. The Balaban J connectivity index is 2.39. The van der Waals surface area contributed by atoms with Gasteiger partial charge < -0.3 is 9.84 Å². The maximum absolute atomic E-state index is 11.0. The number of ether oxygens (including phenoxy) is 1. The zero-order valence-corrected chi connectivity index (χ0v) is 13.3. The van der Waals surface area contributed by atoms with Crippen LogP contribution in [0.15, 0.2) is 36.4 Å². The molecule has 2 atom stereocenters. The van der Waals surface area contributed by atoms with Crippen LogP contribution in [-0.2, 0) is 4.79 Å². The van der Waals surface area contributed by atoms with Crippen LogP contribution in [-0.4, -0.2) is 23.0 Å². The van der Waals surface area contributed by atoms with E-state index in [0.29, 0.717) is 0 Å². The summed E-state index contributed by atoms with van der Waals surface area (Å²) in [6.07, 6.45) is 0. The van der Waals surface area contributed by atoms with Crippen molar-refractivity contribution in [2.24, 2.45) is 0 Å². The van der Waals surface area contributed by atoms with Crippen molar-refractivity contribution in [3.8, 4) is 5.75 Å². The normalized spacial score (nSPS) is 14.1. The molecule has 2 aromatic rings. The van der Waals surface area contributed by atoms with Crippen molar-refractivity contribution in [1.82, 2.24) is 0 Å². The van der Waals surface area contributed by atoms with Crippen molar-refractivity contribution < 1.29 is 14.6 Å². The van der Waals surface area contributed by atoms with Gasteiger partial charge >= 0.3 is 5.97 Å². The number of halogens is 2. The molecule has 5 heteroatoms. The molecule has 3 nitrogen and oxygen atoms in total. The molecular formula is C14H12Br2O3. The molecule has 2 aromatic carbocycles. The fourth-order valence-electron chi connectivity index (χ4n) is 1.83. The van der Waals surface area contributed by atoms with Gasteiger partial charge in [0.2, 0.25) is 0 Å². The van der Waals surface area contributed by atoms with Gasteiger partial charge in [0.25, 0.3) is 0 Å². The summed E-state index contributed by atoms with van der Waals surface area (Å²) >= 11 is 6.58. The Kier molecular flexibility index (Phi) is 4.47. The van der Waals surface area contributed by atoms with E-state index in [0.717, 1.165) is 22.1 Å². The summed E-state index contributed by atoms with van der Waals surface area (Å²) in [5.74, 6) is -0.0868. The van der Waals surface area contributed by atoms with E-state index < -0.39 is 10.8 Å². The molecule has 0 saturated carbocycles. The molecule has 0 aliphatic heterocycles. The molecule has 19 heavy (non-hydrogen) atoms. The van der Waals surface area contributed by atoms with Gasteiger partial charge in [-0.25, -0.2) is 0 Å². The number of aliphatic carboxylic acids is 1. The Morgan fingerprint density at radius 2 is 1.79 bits per heavy atom. The Bertz CT molecular complexity index is 613. The average molecular weight is 388 g/mol.